The molecule has 1 rings (SSSR count). The molecule has 1 aliphatic heterocycles. The average molecular weight is 244 g/mol. The molecule has 0 aromatic rings. The molecular weight excluding hydrogens is 220 g/mol. The quantitative estimate of drug-likeness (QED) is 0.776. The van der Waals surface area contributed by atoms with Gasteiger partial charge in [0.15, 0.2) is 0 Å². The summed E-state index contributed by atoms with van der Waals surface area (Å²) in [6, 6.07) is 0.0593. The summed E-state index contributed by atoms with van der Waals surface area (Å²) < 4.78 is 0. The van der Waals surface area contributed by atoms with Crippen LogP contribution in [0.2, 0.25) is 0 Å². The van der Waals surface area contributed by atoms with E-state index in [1.54, 1.807) is 0 Å². The van der Waals surface area contributed by atoms with E-state index in [2.05, 4.69) is 32.3 Å². The number of nitrogens with zero attached hydrogens (tertiary/aromatic N) is 1. The van der Waals surface area contributed by atoms with Crippen LogP contribution in [0.4, 0.5) is 0 Å². The fraction of sp³-hybridized carbons (Fsp3) is 0.917. The minimum atomic E-state index is 0.0593. The Bertz CT molecular complexity index is 235. The van der Waals surface area contributed by atoms with Gasteiger partial charge in [-0.05, 0) is 19.1 Å². The largest absolute Gasteiger partial charge is 0.325 e. The summed E-state index contributed by atoms with van der Waals surface area (Å²) in [5.74, 6) is 0.301. The molecule has 94 valence electrons. The van der Waals surface area contributed by atoms with Crippen LogP contribution in [-0.4, -0.2) is 41.1 Å². The fourth-order valence-electron chi connectivity index (χ4n) is 2.15. The molecule has 1 heterocycles. The molecule has 3 atom stereocenters. The molecule has 0 bridgehead atoms. The van der Waals surface area contributed by atoms with Crippen molar-refractivity contribution in [1.82, 2.24) is 10.2 Å². The smallest absolute Gasteiger partial charge is 0.241 e. The number of hydrogen-bond acceptors (Lipinski definition) is 3. The van der Waals surface area contributed by atoms with Crippen LogP contribution in [0.1, 0.15) is 40.0 Å². The Morgan fingerprint density at radius 3 is 2.69 bits per heavy atom. The minimum absolute atomic E-state index is 0.0593. The molecule has 0 aromatic carbocycles. The summed E-state index contributed by atoms with van der Waals surface area (Å²) in [5, 5.41) is 3.95. The number of thioether (sulfide) groups is 1. The monoisotopic (exact) mass is 244 g/mol. The van der Waals surface area contributed by atoms with E-state index in [1.807, 2.05) is 16.7 Å². The van der Waals surface area contributed by atoms with E-state index in [4.69, 9.17) is 0 Å². The average Bonchev–Trinajstić information content (AvgIpc) is 2.57. The van der Waals surface area contributed by atoms with Gasteiger partial charge in [-0.3, -0.25) is 10.1 Å². The highest BCUT2D eigenvalue weighted by Gasteiger charge is 2.37. The number of carbonyl (C=O) groups is 1. The lowest BCUT2D eigenvalue weighted by molar-refractivity contribution is -0.130. The van der Waals surface area contributed by atoms with E-state index in [0.717, 1.165) is 25.8 Å². The third-order valence-corrected chi connectivity index (χ3v) is 4.13. The van der Waals surface area contributed by atoms with Crippen molar-refractivity contribution >= 4 is 17.7 Å². The molecule has 1 N–H and O–H groups in total. The summed E-state index contributed by atoms with van der Waals surface area (Å²) in [6.07, 6.45) is 5.36. The number of amides is 1. The van der Waals surface area contributed by atoms with Crippen molar-refractivity contribution in [2.45, 2.75) is 57.5 Å². The van der Waals surface area contributed by atoms with Crippen LogP contribution in [-0.2, 0) is 4.79 Å². The fourth-order valence-corrected chi connectivity index (χ4v) is 2.46. The number of rotatable bonds is 6. The molecule has 1 amide bonds. The van der Waals surface area contributed by atoms with Crippen molar-refractivity contribution in [3.05, 3.63) is 0 Å². The van der Waals surface area contributed by atoms with Crippen molar-refractivity contribution in [1.29, 1.82) is 0 Å². The topological polar surface area (TPSA) is 32.3 Å². The van der Waals surface area contributed by atoms with E-state index in [9.17, 15) is 4.79 Å². The molecule has 0 aromatic heterocycles. The van der Waals surface area contributed by atoms with Gasteiger partial charge in [0.2, 0.25) is 5.91 Å². The van der Waals surface area contributed by atoms with Gasteiger partial charge in [-0.25, -0.2) is 0 Å². The van der Waals surface area contributed by atoms with Gasteiger partial charge in [-0.2, -0.15) is 11.8 Å². The van der Waals surface area contributed by atoms with Gasteiger partial charge in [0.05, 0.1) is 12.2 Å². The Hall–Kier alpha value is -0.220. The van der Waals surface area contributed by atoms with Gasteiger partial charge in [0.25, 0.3) is 0 Å². The van der Waals surface area contributed by atoms with Crippen LogP contribution < -0.4 is 5.32 Å². The van der Waals surface area contributed by atoms with Crippen molar-refractivity contribution in [3.63, 3.8) is 0 Å². The van der Waals surface area contributed by atoms with Gasteiger partial charge >= 0.3 is 0 Å². The molecule has 1 aliphatic rings. The van der Waals surface area contributed by atoms with Crippen LogP contribution in [0, 0.1) is 0 Å². The SMILES string of the molecule is CCCC1NC(CC)N(CC(C)SC)C1=O. The Morgan fingerprint density at radius 2 is 2.19 bits per heavy atom. The lowest BCUT2D eigenvalue weighted by Gasteiger charge is -2.25. The summed E-state index contributed by atoms with van der Waals surface area (Å²) in [5.41, 5.74) is 0. The molecule has 0 radical (unpaired) electrons. The molecular formula is C12H24N2OS. The predicted molar refractivity (Wildman–Crippen MR) is 70.6 cm³/mol. The highest BCUT2D eigenvalue weighted by atomic mass is 32.2. The zero-order valence-corrected chi connectivity index (χ0v) is 11.6. The van der Waals surface area contributed by atoms with E-state index in [1.165, 1.54) is 0 Å². The van der Waals surface area contributed by atoms with E-state index in [0.29, 0.717) is 11.2 Å². The molecule has 0 saturated carbocycles. The predicted octanol–water partition coefficient (Wildman–Crippen LogP) is 2.07. The number of carbonyl (C=O) groups excluding carboxylic acids is 1. The maximum Gasteiger partial charge on any atom is 0.241 e. The Balaban J connectivity index is 2.62. The lowest BCUT2D eigenvalue weighted by Crippen LogP contribution is -2.40. The van der Waals surface area contributed by atoms with Gasteiger partial charge in [-0.1, -0.05) is 27.2 Å². The van der Waals surface area contributed by atoms with Crippen LogP contribution in [0.15, 0.2) is 0 Å². The second-order valence-corrected chi connectivity index (χ2v) is 5.75. The molecule has 0 aliphatic carbocycles. The van der Waals surface area contributed by atoms with Gasteiger partial charge in [-0.15, -0.1) is 0 Å². The highest BCUT2D eigenvalue weighted by molar-refractivity contribution is 7.99. The van der Waals surface area contributed by atoms with Crippen LogP contribution in [0.5, 0.6) is 0 Å². The second kappa shape index (κ2) is 6.50. The Morgan fingerprint density at radius 1 is 1.50 bits per heavy atom. The minimum Gasteiger partial charge on any atom is -0.325 e. The highest BCUT2D eigenvalue weighted by Crippen LogP contribution is 2.19. The Kier molecular flexibility index (Phi) is 5.62. The van der Waals surface area contributed by atoms with Crippen molar-refractivity contribution in [3.8, 4) is 0 Å². The maximum atomic E-state index is 12.2. The molecule has 16 heavy (non-hydrogen) atoms. The number of hydrogen-bond donors (Lipinski definition) is 1. The molecule has 3 nitrogen and oxygen atoms in total. The second-order valence-electron chi connectivity index (χ2n) is 4.47. The summed E-state index contributed by atoms with van der Waals surface area (Å²) in [6.45, 7) is 7.31. The normalized spacial score (nSPS) is 27.5. The van der Waals surface area contributed by atoms with Gasteiger partial charge < -0.3 is 4.90 Å². The zero-order chi connectivity index (χ0) is 12.1. The first-order valence-corrected chi connectivity index (χ1v) is 7.52. The molecule has 1 fully saturated rings. The third kappa shape index (κ3) is 3.14. The van der Waals surface area contributed by atoms with Crippen molar-refractivity contribution < 1.29 is 4.79 Å². The molecule has 3 unspecified atom stereocenters. The molecule has 1 saturated heterocycles. The summed E-state index contributed by atoms with van der Waals surface area (Å²) in [4.78, 5) is 14.2. The van der Waals surface area contributed by atoms with Crippen LogP contribution in [0.3, 0.4) is 0 Å². The van der Waals surface area contributed by atoms with E-state index >= 15 is 0 Å². The molecule has 0 spiro atoms. The van der Waals surface area contributed by atoms with Crippen LogP contribution >= 0.6 is 11.8 Å². The van der Waals surface area contributed by atoms with E-state index < -0.39 is 0 Å². The third-order valence-electron chi connectivity index (χ3n) is 3.17. The van der Waals surface area contributed by atoms with E-state index in [-0.39, 0.29) is 12.2 Å². The van der Waals surface area contributed by atoms with Gasteiger partial charge in [0.1, 0.15) is 0 Å². The summed E-state index contributed by atoms with van der Waals surface area (Å²) in [7, 11) is 0. The lowest BCUT2D eigenvalue weighted by atomic mass is 10.2. The zero-order valence-electron chi connectivity index (χ0n) is 10.8. The summed E-state index contributed by atoms with van der Waals surface area (Å²) >= 11 is 1.82. The first-order chi connectivity index (χ1) is 7.63. The maximum absolute atomic E-state index is 12.2. The first kappa shape index (κ1) is 13.8. The van der Waals surface area contributed by atoms with Crippen molar-refractivity contribution in [2.75, 3.05) is 12.8 Å². The number of nitrogens with one attached hydrogen (secondary N) is 1. The standard InChI is InChI=1S/C12H24N2OS/c1-5-7-10-12(15)14(8-9(3)16-4)11(6-2)13-10/h9-11,13H,5-8H2,1-4H3. The van der Waals surface area contributed by atoms with Crippen molar-refractivity contribution in [2.24, 2.45) is 0 Å². The Labute approximate surface area is 103 Å². The van der Waals surface area contributed by atoms with Crippen LogP contribution in [0.25, 0.3) is 0 Å². The van der Waals surface area contributed by atoms with Gasteiger partial charge in [0, 0.05) is 11.8 Å². The molecule has 4 heteroatoms. The first-order valence-electron chi connectivity index (χ1n) is 6.23.